The molecule has 0 amide bonds. The van der Waals surface area contributed by atoms with Gasteiger partial charge in [0, 0.05) is 10.9 Å². The average Bonchev–Trinajstić information content (AvgIpc) is 2.34. The molecule has 100 valence electrons. The van der Waals surface area contributed by atoms with Crippen molar-refractivity contribution < 1.29 is 14.7 Å². The zero-order valence-corrected chi connectivity index (χ0v) is 11.1. The molecular formula is C14H14ClNO3. The molecule has 0 radical (unpaired) electrons. The highest BCUT2D eigenvalue weighted by molar-refractivity contribution is 6.30. The van der Waals surface area contributed by atoms with E-state index in [9.17, 15) is 14.7 Å². The van der Waals surface area contributed by atoms with Gasteiger partial charge in [-0.05, 0) is 30.7 Å². The van der Waals surface area contributed by atoms with Gasteiger partial charge in [-0.2, -0.15) is 0 Å². The van der Waals surface area contributed by atoms with Crippen molar-refractivity contribution in [2.45, 2.75) is 18.9 Å². The molecule has 19 heavy (non-hydrogen) atoms. The molecule has 5 heteroatoms. The van der Waals surface area contributed by atoms with Crippen LogP contribution in [0.3, 0.4) is 0 Å². The molecule has 3 unspecified atom stereocenters. The number of carbonyl (C=O) groups excluding carboxylic acids is 1. The maximum Gasteiger partial charge on any atom is 0.311 e. The van der Waals surface area contributed by atoms with Crippen molar-refractivity contribution in [3.05, 3.63) is 46.5 Å². The number of carboxylic acid groups (broad SMARTS) is 1. The number of benzene rings is 1. The van der Waals surface area contributed by atoms with Crippen LogP contribution in [0.25, 0.3) is 0 Å². The minimum absolute atomic E-state index is 0.241. The van der Waals surface area contributed by atoms with Gasteiger partial charge >= 0.3 is 5.97 Å². The van der Waals surface area contributed by atoms with Gasteiger partial charge in [-0.1, -0.05) is 29.3 Å². The van der Waals surface area contributed by atoms with Crippen molar-refractivity contribution in [2.75, 3.05) is 0 Å². The summed E-state index contributed by atoms with van der Waals surface area (Å²) < 4.78 is 0. The molecule has 0 aromatic heterocycles. The number of rotatable bonds is 2. The second kappa shape index (κ2) is 5.15. The fraction of sp³-hybridized carbons (Fsp3) is 0.286. The maximum absolute atomic E-state index is 11.8. The minimum Gasteiger partial charge on any atom is -0.481 e. The van der Waals surface area contributed by atoms with Crippen LogP contribution in [0.5, 0.6) is 0 Å². The van der Waals surface area contributed by atoms with E-state index < -0.39 is 23.8 Å². The minimum atomic E-state index is -0.975. The fourth-order valence-corrected chi connectivity index (χ4v) is 2.64. The van der Waals surface area contributed by atoms with Gasteiger partial charge in [-0.15, -0.1) is 0 Å². The Morgan fingerprint density at radius 3 is 2.42 bits per heavy atom. The highest BCUT2D eigenvalue weighted by Crippen LogP contribution is 2.36. The van der Waals surface area contributed by atoms with E-state index in [0.29, 0.717) is 16.2 Å². The number of hydrogen-bond donors (Lipinski definition) is 2. The third-order valence-electron chi connectivity index (χ3n) is 3.46. The molecule has 0 bridgehead atoms. The summed E-state index contributed by atoms with van der Waals surface area (Å²) in [5.74, 6) is -2.56. The Morgan fingerprint density at radius 1 is 1.32 bits per heavy atom. The summed E-state index contributed by atoms with van der Waals surface area (Å²) in [7, 11) is 0. The number of carboxylic acids is 1. The Kier molecular flexibility index (Phi) is 3.73. The maximum atomic E-state index is 11.8. The Labute approximate surface area is 115 Å². The first-order valence-corrected chi connectivity index (χ1v) is 6.25. The second-order valence-corrected chi connectivity index (χ2v) is 5.15. The summed E-state index contributed by atoms with van der Waals surface area (Å²) in [5.41, 5.74) is 7.13. The standard InChI is InChI=1S/C14H14ClNO3/c1-7-6-10(17)13(16)12(11(7)14(18)19)8-2-4-9(15)5-3-8/h2-6,11-13H,16H2,1H3,(H,18,19). The van der Waals surface area contributed by atoms with Crippen LogP contribution in [0.2, 0.25) is 5.02 Å². The number of hydrogen-bond acceptors (Lipinski definition) is 3. The summed E-state index contributed by atoms with van der Waals surface area (Å²) in [6.07, 6.45) is 1.33. The van der Waals surface area contributed by atoms with Gasteiger partial charge in [0.2, 0.25) is 0 Å². The lowest BCUT2D eigenvalue weighted by molar-refractivity contribution is -0.141. The zero-order valence-electron chi connectivity index (χ0n) is 10.3. The number of nitrogens with two attached hydrogens (primary N) is 1. The third kappa shape index (κ3) is 2.55. The molecule has 0 fully saturated rings. The van der Waals surface area contributed by atoms with E-state index in [-0.39, 0.29) is 5.78 Å². The fourth-order valence-electron chi connectivity index (χ4n) is 2.51. The van der Waals surface area contributed by atoms with E-state index in [1.165, 1.54) is 6.08 Å². The third-order valence-corrected chi connectivity index (χ3v) is 3.71. The Bertz CT molecular complexity index is 550. The molecule has 1 aliphatic carbocycles. The monoisotopic (exact) mass is 279 g/mol. The average molecular weight is 280 g/mol. The summed E-state index contributed by atoms with van der Waals surface area (Å²) in [6, 6.07) is 5.93. The van der Waals surface area contributed by atoms with Crippen molar-refractivity contribution in [3.63, 3.8) is 0 Å². The first kappa shape index (κ1) is 13.8. The number of aliphatic carboxylic acids is 1. The summed E-state index contributed by atoms with van der Waals surface area (Å²) in [4.78, 5) is 23.2. The van der Waals surface area contributed by atoms with Crippen LogP contribution in [0.15, 0.2) is 35.9 Å². The van der Waals surface area contributed by atoms with Crippen LogP contribution in [-0.2, 0) is 9.59 Å². The number of ketones is 1. The van der Waals surface area contributed by atoms with Crippen LogP contribution < -0.4 is 5.73 Å². The van der Waals surface area contributed by atoms with Crippen LogP contribution >= 0.6 is 11.6 Å². The Hall–Kier alpha value is -1.65. The molecule has 0 saturated carbocycles. The second-order valence-electron chi connectivity index (χ2n) is 4.71. The Morgan fingerprint density at radius 2 is 1.89 bits per heavy atom. The predicted molar refractivity (Wildman–Crippen MR) is 72.1 cm³/mol. The van der Waals surface area contributed by atoms with Gasteiger partial charge in [0.1, 0.15) is 0 Å². The van der Waals surface area contributed by atoms with E-state index in [2.05, 4.69) is 0 Å². The van der Waals surface area contributed by atoms with E-state index >= 15 is 0 Å². The number of halogens is 1. The summed E-state index contributed by atoms with van der Waals surface area (Å²) in [6.45, 7) is 1.64. The predicted octanol–water partition coefficient (Wildman–Crippen LogP) is 1.98. The van der Waals surface area contributed by atoms with Crippen LogP contribution in [0.4, 0.5) is 0 Å². The molecule has 3 atom stereocenters. The quantitative estimate of drug-likeness (QED) is 0.867. The smallest absolute Gasteiger partial charge is 0.311 e. The van der Waals surface area contributed by atoms with Crippen LogP contribution in [0.1, 0.15) is 18.4 Å². The Balaban J connectivity index is 2.50. The molecule has 1 aliphatic rings. The van der Waals surface area contributed by atoms with Crippen LogP contribution in [-0.4, -0.2) is 22.9 Å². The number of carbonyl (C=O) groups is 2. The van der Waals surface area contributed by atoms with Crippen molar-refractivity contribution in [1.82, 2.24) is 0 Å². The first-order valence-electron chi connectivity index (χ1n) is 5.87. The molecule has 1 aromatic carbocycles. The molecule has 2 rings (SSSR count). The van der Waals surface area contributed by atoms with Gasteiger partial charge in [0.15, 0.2) is 5.78 Å². The lowest BCUT2D eigenvalue weighted by Gasteiger charge is -2.32. The lowest BCUT2D eigenvalue weighted by Crippen LogP contribution is -2.45. The molecule has 3 N–H and O–H groups in total. The normalized spacial score (nSPS) is 27.0. The van der Waals surface area contributed by atoms with Gasteiger partial charge in [-0.25, -0.2) is 0 Å². The molecule has 0 saturated heterocycles. The molecule has 0 spiro atoms. The van der Waals surface area contributed by atoms with Crippen molar-refractivity contribution in [2.24, 2.45) is 11.7 Å². The highest BCUT2D eigenvalue weighted by atomic mass is 35.5. The van der Waals surface area contributed by atoms with E-state index in [0.717, 1.165) is 0 Å². The van der Waals surface area contributed by atoms with E-state index in [1.54, 1.807) is 31.2 Å². The zero-order chi connectivity index (χ0) is 14.2. The molecule has 0 heterocycles. The highest BCUT2D eigenvalue weighted by Gasteiger charge is 2.41. The van der Waals surface area contributed by atoms with E-state index in [4.69, 9.17) is 17.3 Å². The van der Waals surface area contributed by atoms with Crippen molar-refractivity contribution in [1.29, 1.82) is 0 Å². The molecule has 0 aliphatic heterocycles. The van der Waals surface area contributed by atoms with Crippen LogP contribution in [0, 0.1) is 5.92 Å². The summed E-state index contributed by atoms with van der Waals surface area (Å²) >= 11 is 5.82. The first-order chi connectivity index (χ1) is 8.91. The van der Waals surface area contributed by atoms with E-state index in [1.807, 2.05) is 0 Å². The SMILES string of the molecule is CC1=CC(=O)C(N)C(c2ccc(Cl)cc2)C1C(=O)O. The van der Waals surface area contributed by atoms with Gasteiger partial charge in [-0.3, -0.25) is 9.59 Å². The largest absolute Gasteiger partial charge is 0.481 e. The van der Waals surface area contributed by atoms with Gasteiger partial charge in [0.25, 0.3) is 0 Å². The molecule has 4 nitrogen and oxygen atoms in total. The van der Waals surface area contributed by atoms with Gasteiger partial charge in [0.05, 0.1) is 12.0 Å². The molecule has 1 aromatic rings. The molecular weight excluding hydrogens is 266 g/mol. The van der Waals surface area contributed by atoms with Gasteiger partial charge < -0.3 is 10.8 Å². The topological polar surface area (TPSA) is 80.4 Å². The van der Waals surface area contributed by atoms with Crippen molar-refractivity contribution in [3.8, 4) is 0 Å². The lowest BCUT2D eigenvalue weighted by atomic mass is 9.72. The summed E-state index contributed by atoms with van der Waals surface area (Å²) in [5, 5.41) is 9.92. The van der Waals surface area contributed by atoms with Crippen molar-refractivity contribution >= 4 is 23.4 Å².